The molecule has 2 nitrogen and oxygen atoms in total. The van der Waals surface area contributed by atoms with Crippen molar-refractivity contribution in [2.24, 2.45) is 0 Å². The first-order valence-corrected chi connectivity index (χ1v) is 8.84. The molecule has 0 N–H and O–H groups in total. The van der Waals surface area contributed by atoms with Gasteiger partial charge < -0.3 is 4.74 Å². The molecule has 0 aliphatic carbocycles. The number of hydrogen-bond donors (Lipinski definition) is 0. The zero-order chi connectivity index (χ0) is 15.0. The number of hydrogen-bond acceptors (Lipinski definition) is 2. The number of ether oxygens (including phenoxy) is 1. The maximum absolute atomic E-state index is 12.5. The van der Waals surface area contributed by atoms with E-state index < -0.39 is 0 Å². The van der Waals surface area contributed by atoms with Gasteiger partial charge in [0, 0.05) is 37.4 Å². The summed E-state index contributed by atoms with van der Waals surface area (Å²) in [4.78, 5) is 12.5. The first-order valence-electron chi connectivity index (χ1n) is 6.46. The van der Waals surface area contributed by atoms with Crippen molar-refractivity contribution in [2.75, 3.05) is 6.61 Å². The molecule has 0 aromatic heterocycles. The average molecular weight is 475 g/mol. The Kier molecular flexibility index (Phi) is 4.52. The third-order valence-electron chi connectivity index (χ3n) is 3.36. The van der Waals surface area contributed by atoms with Crippen LogP contribution in [0.5, 0.6) is 5.75 Å². The maximum Gasteiger partial charge on any atom is 0.167 e. The molecular formula is C16H11Br3O2. The first-order chi connectivity index (χ1) is 10.0. The van der Waals surface area contributed by atoms with Crippen molar-refractivity contribution in [3.63, 3.8) is 0 Å². The fraction of sp³-hybridized carbons (Fsp3) is 0.188. The Hall–Kier alpha value is -0.650. The highest BCUT2D eigenvalue weighted by Crippen LogP contribution is 2.34. The molecule has 0 bridgehead atoms. The number of fused-ring (bicyclic) bond motifs is 1. The second-order valence-corrected chi connectivity index (χ2v) is 7.66. The molecule has 21 heavy (non-hydrogen) atoms. The molecule has 1 aliphatic heterocycles. The standard InChI is InChI=1S/C16H11Br3O2/c17-12-3-9-1-2-21-16(9)11(6-12)7-15(20)10-4-13(18)8-14(19)5-10/h3-6,8H,1-2,7H2. The molecule has 0 spiro atoms. The van der Waals surface area contributed by atoms with Gasteiger partial charge in [0.25, 0.3) is 0 Å². The molecule has 108 valence electrons. The topological polar surface area (TPSA) is 26.3 Å². The summed E-state index contributed by atoms with van der Waals surface area (Å²) < 4.78 is 8.44. The highest BCUT2D eigenvalue weighted by Gasteiger charge is 2.20. The lowest BCUT2D eigenvalue weighted by Crippen LogP contribution is -2.05. The van der Waals surface area contributed by atoms with Crippen LogP contribution in [0.15, 0.2) is 43.7 Å². The van der Waals surface area contributed by atoms with Gasteiger partial charge in [-0.2, -0.15) is 0 Å². The number of benzene rings is 2. The van der Waals surface area contributed by atoms with Crippen molar-refractivity contribution in [2.45, 2.75) is 12.8 Å². The number of carbonyl (C=O) groups excluding carboxylic acids is 1. The fourth-order valence-electron chi connectivity index (χ4n) is 2.47. The largest absolute Gasteiger partial charge is 0.493 e. The second kappa shape index (κ2) is 6.23. The Morgan fingerprint density at radius 1 is 1.00 bits per heavy atom. The highest BCUT2D eigenvalue weighted by atomic mass is 79.9. The van der Waals surface area contributed by atoms with Crippen LogP contribution in [0, 0.1) is 0 Å². The summed E-state index contributed by atoms with van der Waals surface area (Å²) in [5, 5.41) is 0. The molecule has 2 aromatic rings. The van der Waals surface area contributed by atoms with Crippen molar-refractivity contribution in [1.29, 1.82) is 0 Å². The second-order valence-electron chi connectivity index (χ2n) is 4.91. The molecule has 2 aromatic carbocycles. The summed E-state index contributed by atoms with van der Waals surface area (Å²) in [5.41, 5.74) is 2.79. The van der Waals surface area contributed by atoms with Crippen LogP contribution in [0.4, 0.5) is 0 Å². The van der Waals surface area contributed by atoms with E-state index in [9.17, 15) is 4.79 Å². The van der Waals surface area contributed by atoms with Crippen molar-refractivity contribution >= 4 is 53.6 Å². The van der Waals surface area contributed by atoms with Gasteiger partial charge in [-0.25, -0.2) is 0 Å². The van der Waals surface area contributed by atoms with Gasteiger partial charge in [-0.3, -0.25) is 4.79 Å². The SMILES string of the molecule is O=C(Cc1cc(Br)cc2c1OCC2)c1cc(Br)cc(Br)c1. The van der Waals surface area contributed by atoms with Crippen molar-refractivity contribution < 1.29 is 9.53 Å². The predicted octanol–water partition coefficient (Wildman–Crippen LogP) is 5.33. The summed E-state index contributed by atoms with van der Waals surface area (Å²) >= 11 is 10.3. The van der Waals surface area contributed by atoms with Gasteiger partial charge in [0.05, 0.1) is 6.61 Å². The molecule has 0 saturated carbocycles. The van der Waals surface area contributed by atoms with E-state index in [0.29, 0.717) is 18.6 Å². The third kappa shape index (κ3) is 3.41. The van der Waals surface area contributed by atoms with Crippen LogP contribution in [0.1, 0.15) is 21.5 Å². The van der Waals surface area contributed by atoms with E-state index in [2.05, 4.69) is 53.9 Å². The zero-order valence-corrected chi connectivity index (χ0v) is 15.7. The smallest absolute Gasteiger partial charge is 0.167 e. The maximum atomic E-state index is 12.5. The van der Waals surface area contributed by atoms with Crippen LogP contribution in [-0.4, -0.2) is 12.4 Å². The molecular weight excluding hydrogens is 464 g/mol. The van der Waals surface area contributed by atoms with Gasteiger partial charge >= 0.3 is 0 Å². The van der Waals surface area contributed by atoms with Crippen LogP contribution in [0.2, 0.25) is 0 Å². The van der Waals surface area contributed by atoms with Crippen LogP contribution < -0.4 is 4.74 Å². The zero-order valence-electron chi connectivity index (χ0n) is 11.0. The average Bonchev–Trinajstić information content (AvgIpc) is 2.85. The third-order valence-corrected chi connectivity index (χ3v) is 4.73. The summed E-state index contributed by atoms with van der Waals surface area (Å²) in [6.45, 7) is 0.690. The predicted molar refractivity (Wildman–Crippen MR) is 93.2 cm³/mol. The quantitative estimate of drug-likeness (QED) is 0.562. The Morgan fingerprint density at radius 3 is 2.38 bits per heavy atom. The Bertz CT molecular complexity index is 705. The molecule has 0 atom stereocenters. The van der Waals surface area contributed by atoms with Crippen LogP contribution in [0.3, 0.4) is 0 Å². The number of carbonyl (C=O) groups is 1. The Labute approximate surface area is 148 Å². The minimum atomic E-state index is 0.0767. The summed E-state index contributed by atoms with van der Waals surface area (Å²) in [6, 6.07) is 9.62. The molecule has 0 saturated heterocycles. The van der Waals surface area contributed by atoms with E-state index in [-0.39, 0.29) is 5.78 Å². The van der Waals surface area contributed by atoms with Gasteiger partial charge in [0.1, 0.15) is 5.75 Å². The van der Waals surface area contributed by atoms with E-state index >= 15 is 0 Å². The molecule has 1 aliphatic rings. The number of Topliss-reactive ketones (excluding diaryl/α,β-unsaturated/α-hetero) is 1. The van der Waals surface area contributed by atoms with Crippen LogP contribution >= 0.6 is 47.8 Å². The minimum absolute atomic E-state index is 0.0767. The van der Waals surface area contributed by atoms with Crippen molar-refractivity contribution in [3.8, 4) is 5.75 Å². The van der Waals surface area contributed by atoms with Crippen molar-refractivity contribution in [1.82, 2.24) is 0 Å². The lowest BCUT2D eigenvalue weighted by Gasteiger charge is -2.09. The minimum Gasteiger partial charge on any atom is -0.493 e. The van der Waals surface area contributed by atoms with Crippen molar-refractivity contribution in [3.05, 3.63) is 60.4 Å². The Balaban J connectivity index is 1.92. The Morgan fingerprint density at radius 2 is 1.67 bits per heavy atom. The fourth-order valence-corrected chi connectivity index (χ4v) is 4.31. The van der Waals surface area contributed by atoms with Crippen LogP contribution in [-0.2, 0) is 12.8 Å². The van der Waals surface area contributed by atoms with Gasteiger partial charge in [-0.15, -0.1) is 0 Å². The van der Waals surface area contributed by atoms with E-state index in [1.807, 2.05) is 24.3 Å². The lowest BCUT2D eigenvalue weighted by atomic mass is 10.00. The molecule has 5 heteroatoms. The monoisotopic (exact) mass is 472 g/mol. The van der Waals surface area contributed by atoms with E-state index in [4.69, 9.17) is 4.74 Å². The molecule has 0 unspecified atom stereocenters. The first kappa shape index (κ1) is 15.3. The summed E-state index contributed by atoms with van der Waals surface area (Å²) in [5.74, 6) is 0.952. The van der Waals surface area contributed by atoms with Gasteiger partial charge in [-0.05, 0) is 35.9 Å². The molecule has 0 radical (unpaired) electrons. The summed E-state index contributed by atoms with van der Waals surface area (Å²) in [6.07, 6.45) is 1.24. The molecule has 0 amide bonds. The normalized spacial score (nSPS) is 12.9. The number of rotatable bonds is 3. The molecule has 1 heterocycles. The highest BCUT2D eigenvalue weighted by molar-refractivity contribution is 9.11. The number of halogens is 3. The van der Waals surface area contributed by atoms with Gasteiger partial charge in [0.15, 0.2) is 5.78 Å². The molecule has 3 rings (SSSR count). The van der Waals surface area contributed by atoms with Gasteiger partial charge in [0.2, 0.25) is 0 Å². The summed E-state index contributed by atoms with van der Waals surface area (Å²) in [7, 11) is 0. The van der Waals surface area contributed by atoms with E-state index in [1.54, 1.807) is 0 Å². The molecule has 0 fully saturated rings. The van der Waals surface area contributed by atoms with Crippen LogP contribution in [0.25, 0.3) is 0 Å². The van der Waals surface area contributed by atoms with Gasteiger partial charge in [-0.1, -0.05) is 47.8 Å². The lowest BCUT2D eigenvalue weighted by molar-refractivity contribution is 0.0992. The van der Waals surface area contributed by atoms with E-state index in [1.165, 1.54) is 5.56 Å². The van der Waals surface area contributed by atoms with E-state index in [0.717, 1.165) is 31.2 Å². The number of ketones is 1.